The molecular formula is C15H20N2O3. The lowest BCUT2D eigenvalue weighted by molar-refractivity contribution is -0.128. The smallest absolute Gasteiger partial charge is 0.253 e. The number of likely N-dealkylation sites (N-methyl/N-ethyl adjacent to an activating group) is 1. The van der Waals surface area contributed by atoms with Crippen LogP contribution in [0.25, 0.3) is 0 Å². The van der Waals surface area contributed by atoms with Gasteiger partial charge in [-0.15, -0.1) is 0 Å². The van der Waals surface area contributed by atoms with Crippen molar-refractivity contribution < 1.29 is 14.3 Å². The van der Waals surface area contributed by atoms with Crippen LogP contribution in [-0.4, -0.2) is 37.6 Å². The predicted octanol–water partition coefficient (Wildman–Crippen LogP) is 1.12. The van der Waals surface area contributed by atoms with Gasteiger partial charge in [0.1, 0.15) is 12.6 Å². The molecule has 1 aromatic rings. The molecule has 1 aromatic carbocycles. The van der Waals surface area contributed by atoms with Gasteiger partial charge in [-0.05, 0) is 25.5 Å². The number of para-hydroxylation sites is 1. The highest BCUT2D eigenvalue weighted by atomic mass is 16.5. The van der Waals surface area contributed by atoms with Crippen LogP contribution in [0.4, 0.5) is 5.69 Å². The number of amides is 2. The summed E-state index contributed by atoms with van der Waals surface area (Å²) in [6, 6.07) is 7.15. The van der Waals surface area contributed by atoms with Crippen molar-refractivity contribution in [3.05, 3.63) is 29.8 Å². The van der Waals surface area contributed by atoms with Crippen LogP contribution in [0.5, 0.6) is 0 Å². The van der Waals surface area contributed by atoms with Crippen LogP contribution in [0.15, 0.2) is 24.3 Å². The quantitative estimate of drug-likeness (QED) is 0.876. The number of carbonyl (C=O) groups excluding carboxylic acids is 2. The minimum absolute atomic E-state index is 0.000733. The number of ether oxygens (including phenoxy) is 1. The average Bonchev–Trinajstić information content (AvgIpc) is 2.84. The molecule has 0 spiro atoms. The number of hydrogen-bond donors (Lipinski definition) is 1. The van der Waals surface area contributed by atoms with Gasteiger partial charge < -0.3 is 10.1 Å². The first-order valence-corrected chi connectivity index (χ1v) is 6.94. The van der Waals surface area contributed by atoms with E-state index in [4.69, 9.17) is 4.74 Å². The van der Waals surface area contributed by atoms with E-state index in [0.29, 0.717) is 19.6 Å². The molecule has 5 nitrogen and oxygen atoms in total. The van der Waals surface area contributed by atoms with Gasteiger partial charge in [-0.3, -0.25) is 14.5 Å². The molecule has 1 N–H and O–H groups in total. The van der Waals surface area contributed by atoms with Crippen molar-refractivity contribution in [2.75, 3.05) is 24.7 Å². The molecule has 1 heterocycles. The summed E-state index contributed by atoms with van der Waals surface area (Å²) in [7, 11) is 0. The summed E-state index contributed by atoms with van der Waals surface area (Å²) in [5.74, 6) is -0.290. The van der Waals surface area contributed by atoms with Gasteiger partial charge in [0.25, 0.3) is 5.91 Å². The fourth-order valence-electron chi connectivity index (χ4n) is 2.46. The third-order valence-corrected chi connectivity index (χ3v) is 3.33. The maximum Gasteiger partial charge on any atom is 0.253 e. The highest BCUT2D eigenvalue weighted by Gasteiger charge is 2.37. The lowest BCUT2D eigenvalue weighted by atomic mass is 10.1. The Bertz CT molecular complexity index is 502. The van der Waals surface area contributed by atoms with Crippen molar-refractivity contribution in [2.24, 2.45) is 0 Å². The van der Waals surface area contributed by atoms with Gasteiger partial charge in [0.15, 0.2) is 0 Å². The zero-order chi connectivity index (χ0) is 14.5. The van der Waals surface area contributed by atoms with Crippen molar-refractivity contribution in [1.29, 1.82) is 0 Å². The van der Waals surface area contributed by atoms with Crippen molar-refractivity contribution in [2.45, 2.75) is 26.3 Å². The molecule has 0 bridgehead atoms. The second-order valence-corrected chi connectivity index (χ2v) is 4.64. The van der Waals surface area contributed by atoms with Gasteiger partial charge in [0, 0.05) is 25.3 Å². The molecule has 0 aromatic heterocycles. The van der Waals surface area contributed by atoms with Crippen LogP contribution in [0.2, 0.25) is 0 Å². The molecule has 2 amide bonds. The Hall–Kier alpha value is -1.88. The summed E-state index contributed by atoms with van der Waals surface area (Å²) in [5.41, 5.74) is 1.84. The SMILES string of the molecule is CCNC(=O)C1Cc2ccccc2N1C(=O)COCC. The minimum atomic E-state index is -0.472. The van der Waals surface area contributed by atoms with Crippen LogP contribution in [-0.2, 0) is 20.7 Å². The predicted molar refractivity (Wildman–Crippen MR) is 76.6 cm³/mol. The number of hydrogen-bond acceptors (Lipinski definition) is 3. The summed E-state index contributed by atoms with van der Waals surface area (Å²) >= 11 is 0. The van der Waals surface area contributed by atoms with Gasteiger partial charge in [0.05, 0.1) is 0 Å². The van der Waals surface area contributed by atoms with E-state index in [1.54, 1.807) is 4.90 Å². The van der Waals surface area contributed by atoms with Gasteiger partial charge in [0.2, 0.25) is 5.91 Å². The maximum atomic E-state index is 12.3. The standard InChI is InChI=1S/C15H20N2O3/c1-3-16-15(19)13-9-11-7-5-6-8-12(11)17(13)14(18)10-20-4-2/h5-8,13H,3-4,9-10H2,1-2H3,(H,16,19). The van der Waals surface area contributed by atoms with Crippen LogP contribution in [0.3, 0.4) is 0 Å². The first-order chi connectivity index (χ1) is 9.69. The van der Waals surface area contributed by atoms with Crippen LogP contribution >= 0.6 is 0 Å². The van der Waals surface area contributed by atoms with E-state index in [2.05, 4.69) is 5.32 Å². The zero-order valence-corrected chi connectivity index (χ0v) is 11.9. The second-order valence-electron chi connectivity index (χ2n) is 4.64. The van der Waals surface area contributed by atoms with Crippen LogP contribution in [0, 0.1) is 0 Å². The normalized spacial score (nSPS) is 16.9. The molecule has 1 aliphatic rings. The number of rotatable bonds is 5. The maximum absolute atomic E-state index is 12.3. The van der Waals surface area contributed by atoms with E-state index in [9.17, 15) is 9.59 Å². The van der Waals surface area contributed by atoms with Gasteiger partial charge in [-0.25, -0.2) is 0 Å². The highest BCUT2D eigenvalue weighted by Crippen LogP contribution is 2.32. The zero-order valence-electron chi connectivity index (χ0n) is 11.9. The number of fused-ring (bicyclic) bond motifs is 1. The van der Waals surface area contributed by atoms with E-state index in [1.165, 1.54) is 0 Å². The van der Waals surface area contributed by atoms with Gasteiger partial charge in [-0.2, -0.15) is 0 Å². The monoisotopic (exact) mass is 276 g/mol. The van der Waals surface area contributed by atoms with E-state index in [0.717, 1.165) is 11.3 Å². The van der Waals surface area contributed by atoms with Crippen molar-refractivity contribution in [1.82, 2.24) is 5.32 Å². The fraction of sp³-hybridized carbons (Fsp3) is 0.467. The Morgan fingerprint density at radius 3 is 2.80 bits per heavy atom. The molecule has 0 saturated heterocycles. The molecule has 0 radical (unpaired) electrons. The lowest BCUT2D eigenvalue weighted by Crippen LogP contribution is -2.49. The third kappa shape index (κ3) is 2.82. The molecule has 5 heteroatoms. The summed E-state index contributed by atoms with van der Waals surface area (Å²) in [5, 5.41) is 2.79. The van der Waals surface area contributed by atoms with E-state index < -0.39 is 6.04 Å². The molecule has 1 atom stereocenters. The molecule has 0 saturated carbocycles. The number of nitrogens with zero attached hydrogens (tertiary/aromatic N) is 1. The summed E-state index contributed by atoms with van der Waals surface area (Å²) < 4.78 is 5.19. The molecule has 1 aliphatic heterocycles. The number of anilines is 1. The number of nitrogens with one attached hydrogen (secondary N) is 1. The van der Waals surface area contributed by atoms with Crippen LogP contribution in [0.1, 0.15) is 19.4 Å². The minimum Gasteiger partial charge on any atom is -0.372 e. The largest absolute Gasteiger partial charge is 0.372 e. The number of carbonyl (C=O) groups is 2. The molecule has 2 rings (SSSR count). The molecule has 108 valence electrons. The topological polar surface area (TPSA) is 58.6 Å². The van der Waals surface area contributed by atoms with Crippen LogP contribution < -0.4 is 10.2 Å². The third-order valence-electron chi connectivity index (χ3n) is 3.33. The molecule has 0 aliphatic carbocycles. The summed E-state index contributed by atoms with van der Waals surface area (Å²) in [6.07, 6.45) is 0.555. The Balaban J connectivity index is 2.25. The second kappa shape index (κ2) is 6.52. The Morgan fingerprint density at radius 2 is 2.10 bits per heavy atom. The molecule has 0 fully saturated rings. The Morgan fingerprint density at radius 1 is 1.35 bits per heavy atom. The average molecular weight is 276 g/mol. The Kier molecular flexibility index (Phi) is 4.74. The van der Waals surface area contributed by atoms with E-state index in [1.807, 2.05) is 38.1 Å². The van der Waals surface area contributed by atoms with E-state index in [-0.39, 0.29) is 18.4 Å². The first-order valence-electron chi connectivity index (χ1n) is 6.94. The molecule has 1 unspecified atom stereocenters. The van der Waals surface area contributed by atoms with Crippen molar-refractivity contribution in [3.63, 3.8) is 0 Å². The highest BCUT2D eigenvalue weighted by molar-refractivity contribution is 6.04. The molecule has 20 heavy (non-hydrogen) atoms. The van der Waals surface area contributed by atoms with Gasteiger partial charge in [-0.1, -0.05) is 18.2 Å². The lowest BCUT2D eigenvalue weighted by Gasteiger charge is -2.24. The fourth-order valence-corrected chi connectivity index (χ4v) is 2.46. The summed E-state index contributed by atoms with van der Waals surface area (Å²) in [4.78, 5) is 26.0. The number of benzene rings is 1. The first kappa shape index (κ1) is 14.5. The van der Waals surface area contributed by atoms with E-state index >= 15 is 0 Å². The van der Waals surface area contributed by atoms with Crippen molar-refractivity contribution in [3.8, 4) is 0 Å². The Labute approximate surface area is 118 Å². The van der Waals surface area contributed by atoms with Crippen molar-refractivity contribution >= 4 is 17.5 Å². The molecular weight excluding hydrogens is 256 g/mol. The van der Waals surface area contributed by atoms with Gasteiger partial charge >= 0.3 is 0 Å². The summed E-state index contributed by atoms with van der Waals surface area (Å²) in [6.45, 7) is 4.74.